The summed E-state index contributed by atoms with van der Waals surface area (Å²) in [5.74, 6) is -0.879. The summed E-state index contributed by atoms with van der Waals surface area (Å²) in [6, 6.07) is 17.6. The number of aliphatic carboxylic acids is 1. The SMILES string of the molecule is CCCCC1(CO[SiH3])N(Cc2ccccc2Cl)C(C=C(Cc2ccccc2)C(=O)O)C(C)(C(C)(C)C)N1C. The van der Waals surface area contributed by atoms with Crippen molar-refractivity contribution in [2.75, 3.05) is 13.7 Å². The van der Waals surface area contributed by atoms with Crippen LogP contribution in [0.15, 0.2) is 66.2 Å². The first kappa shape index (κ1) is 30.6. The second-order valence-corrected chi connectivity index (χ2v) is 12.8. The quantitative estimate of drug-likeness (QED) is 0.284. The number of benzene rings is 2. The van der Waals surface area contributed by atoms with E-state index in [2.05, 4.69) is 57.5 Å². The number of carboxylic acid groups (broad SMARTS) is 1. The summed E-state index contributed by atoms with van der Waals surface area (Å²) < 4.78 is 6.08. The summed E-state index contributed by atoms with van der Waals surface area (Å²) in [5, 5.41) is 11.1. The Hall–Kier alpha value is -1.96. The molecule has 38 heavy (non-hydrogen) atoms. The highest BCUT2D eigenvalue weighted by Crippen LogP contribution is 2.53. The molecule has 208 valence electrons. The van der Waals surface area contributed by atoms with E-state index >= 15 is 0 Å². The third kappa shape index (κ3) is 5.95. The number of rotatable bonds is 11. The lowest BCUT2D eigenvalue weighted by Gasteiger charge is -2.50. The van der Waals surface area contributed by atoms with Gasteiger partial charge in [0.2, 0.25) is 0 Å². The molecule has 1 saturated heterocycles. The summed E-state index contributed by atoms with van der Waals surface area (Å²) in [6.07, 6.45) is 5.42. The van der Waals surface area contributed by atoms with Crippen molar-refractivity contribution >= 4 is 28.1 Å². The van der Waals surface area contributed by atoms with Crippen molar-refractivity contribution in [1.82, 2.24) is 9.80 Å². The molecule has 2 aromatic rings. The smallest absolute Gasteiger partial charge is 0.331 e. The van der Waals surface area contributed by atoms with Crippen LogP contribution in [-0.4, -0.2) is 62.3 Å². The minimum Gasteiger partial charge on any atom is -0.478 e. The van der Waals surface area contributed by atoms with Crippen LogP contribution in [-0.2, 0) is 22.2 Å². The molecule has 1 fully saturated rings. The molecule has 3 atom stereocenters. The topological polar surface area (TPSA) is 53.0 Å². The minimum atomic E-state index is -0.879. The van der Waals surface area contributed by atoms with E-state index in [1.54, 1.807) is 0 Å². The molecule has 3 rings (SSSR count). The summed E-state index contributed by atoms with van der Waals surface area (Å²) >= 11 is 6.71. The lowest BCUT2D eigenvalue weighted by molar-refractivity contribution is -0.132. The Morgan fingerprint density at radius 1 is 1.16 bits per heavy atom. The molecule has 3 unspecified atom stereocenters. The molecule has 1 aliphatic rings. The van der Waals surface area contributed by atoms with Crippen molar-refractivity contribution in [3.63, 3.8) is 0 Å². The molecule has 1 aliphatic heterocycles. The van der Waals surface area contributed by atoms with Crippen LogP contribution >= 0.6 is 11.6 Å². The Labute approximate surface area is 237 Å². The number of hydrogen-bond donors (Lipinski definition) is 1. The molecule has 1 heterocycles. The van der Waals surface area contributed by atoms with Gasteiger partial charge in [-0.05, 0) is 43.0 Å². The van der Waals surface area contributed by atoms with E-state index in [0.29, 0.717) is 35.6 Å². The molecular weight excluding hydrogens is 512 g/mol. The maximum atomic E-state index is 12.7. The Morgan fingerprint density at radius 3 is 2.34 bits per heavy atom. The van der Waals surface area contributed by atoms with Gasteiger partial charge in [0.15, 0.2) is 0 Å². The Bertz CT molecular complexity index is 1120. The summed E-state index contributed by atoms with van der Waals surface area (Å²) in [4.78, 5) is 17.7. The molecule has 7 heteroatoms. The van der Waals surface area contributed by atoms with Crippen molar-refractivity contribution in [3.8, 4) is 0 Å². The molecule has 0 aromatic heterocycles. The van der Waals surface area contributed by atoms with Gasteiger partial charge in [-0.2, -0.15) is 0 Å². The van der Waals surface area contributed by atoms with Gasteiger partial charge in [-0.15, -0.1) is 0 Å². The molecular formula is C31H45ClN2O3Si. The predicted octanol–water partition coefficient (Wildman–Crippen LogP) is 5.70. The molecule has 0 saturated carbocycles. The second-order valence-electron chi connectivity index (χ2n) is 11.8. The fourth-order valence-corrected chi connectivity index (χ4v) is 6.76. The van der Waals surface area contributed by atoms with Crippen LogP contribution < -0.4 is 0 Å². The average Bonchev–Trinajstić information content (AvgIpc) is 3.04. The van der Waals surface area contributed by atoms with E-state index in [1.165, 1.54) is 0 Å². The molecule has 5 nitrogen and oxygen atoms in total. The first-order chi connectivity index (χ1) is 17.9. The van der Waals surface area contributed by atoms with Gasteiger partial charge in [0.05, 0.1) is 12.3 Å². The highest BCUT2D eigenvalue weighted by Gasteiger charge is 2.64. The first-order valence-electron chi connectivity index (χ1n) is 13.6. The van der Waals surface area contributed by atoms with Gasteiger partial charge in [0.1, 0.15) is 10.5 Å². The molecule has 0 bridgehead atoms. The maximum absolute atomic E-state index is 12.7. The van der Waals surface area contributed by atoms with Gasteiger partial charge in [-0.3, -0.25) is 9.80 Å². The Kier molecular flexibility index (Phi) is 10.0. The van der Waals surface area contributed by atoms with Gasteiger partial charge in [-0.1, -0.05) is 107 Å². The van der Waals surface area contributed by atoms with Gasteiger partial charge in [0, 0.05) is 35.1 Å². The van der Waals surface area contributed by atoms with Gasteiger partial charge < -0.3 is 9.53 Å². The molecule has 1 N–H and O–H groups in total. The first-order valence-corrected chi connectivity index (χ1v) is 14.8. The van der Waals surface area contributed by atoms with Gasteiger partial charge >= 0.3 is 5.97 Å². The van der Waals surface area contributed by atoms with Crippen molar-refractivity contribution in [3.05, 3.63) is 82.4 Å². The molecule has 0 aliphatic carbocycles. The zero-order valence-electron chi connectivity index (χ0n) is 24.1. The highest BCUT2D eigenvalue weighted by atomic mass is 35.5. The van der Waals surface area contributed by atoms with Crippen LogP contribution in [0, 0.1) is 5.41 Å². The van der Waals surface area contributed by atoms with Crippen molar-refractivity contribution in [1.29, 1.82) is 0 Å². The number of likely N-dealkylation sites (N-methyl/N-ethyl adjacent to an activating group) is 1. The zero-order valence-corrected chi connectivity index (χ0v) is 26.9. The third-order valence-corrected chi connectivity index (χ3v) is 9.42. The van der Waals surface area contributed by atoms with Crippen LogP contribution in [0.2, 0.25) is 5.02 Å². The van der Waals surface area contributed by atoms with Crippen LogP contribution in [0.1, 0.15) is 65.0 Å². The number of halogens is 1. The standard InChI is InChI=1S/C31H45ClN2O3Si/c1-7-8-18-31(22-37-38)33(6)30(5,29(2,3)4)27(34(31)21-24-16-12-13-17-26(24)32)20-25(28(35)36)19-23-14-10-9-11-15-23/h9-17,20,27H,7-8,18-19,21-22H2,1-6,38H3,(H,35,36). The largest absolute Gasteiger partial charge is 0.478 e. The van der Waals surface area contributed by atoms with Crippen molar-refractivity contribution in [2.45, 2.75) is 84.1 Å². The van der Waals surface area contributed by atoms with Crippen LogP contribution in [0.4, 0.5) is 0 Å². The number of unbranched alkanes of at least 4 members (excludes halogenated alkanes) is 1. The molecule has 0 spiro atoms. The highest BCUT2D eigenvalue weighted by molar-refractivity contribution is 6.31. The van der Waals surface area contributed by atoms with E-state index < -0.39 is 11.6 Å². The van der Waals surface area contributed by atoms with E-state index in [4.69, 9.17) is 16.0 Å². The number of carbonyl (C=O) groups is 1. The summed E-state index contributed by atoms with van der Waals surface area (Å²) in [7, 11) is 2.83. The summed E-state index contributed by atoms with van der Waals surface area (Å²) in [5.41, 5.74) is 1.47. The maximum Gasteiger partial charge on any atom is 0.331 e. The zero-order chi connectivity index (χ0) is 28.1. The average molecular weight is 557 g/mol. The van der Waals surface area contributed by atoms with Crippen LogP contribution in [0.25, 0.3) is 0 Å². The monoisotopic (exact) mass is 556 g/mol. The Morgan fingerprint density at radius 2 is 1.79 bits per heavy atom. The van der Waals surface area contributed by atoms with E-state index in [1.807, 2.05) is 54.6 Å². The summed E-state index contributed by atoms with van der Waals surface area (Å²) in [6.45, 7) is 12.4. The molecule has 0 radical (unpaired) electrons. The molecule has 2 aromatic carbocycles. The number of carboxylic acids is 1. The second kappa shape index (κ2) is 12.5. The normalized spacial score (nSPS) is 25.2. The van der Waals surface area contributed by atoms with E-state index in [-0.39, 0.29) is 17.0 Å². The van der Waals surface area contributed by atoms with Gasteiger partial charge in [0.25, 0.3) is 0 Å². The van der Waals surface area contributed by atoms with Crippen molar-refractivity contribution in [2.24, 2.45) is 5.41 Å². The van der Waals surface area contributed by atoms with E-state index in [0.717, 1.165) is 35.4 Å². The van der Waals surface area contributed by atoms with E-state index in [9.17, 15) is 9.90 Å². The fraction of sp³-hybridized carbons (Fsp3) is 0.516. The third-order valence-electron chi connectivity index (χ3n) is 8.76. The fourth-order valence-electron chi connectivity index (χ4n) is 6.11. The number of hydrogen-bond acceptors (Lipinski definition) is 4. The van der Waals surface area contributed by atoms with Gasteiger partial charge in [-0.25, -0.2) is 4.79 Å². The molecule has 0 amide bonds. The van der Waals surface area contributed by atoms with Crippen molar-refractivity contribution < 1.29 is 14.3 Å². The van der Waals surface area contributed by atoms with Crippen LogP contribution in [0.5, 0.6) is 0 Å². The lowest BCUT2D eigenvalue weighted by atomic mass is 9.69. The predicted molar refractivity (Wildman–Crippen MR) is 160 cm³/mol. The number of nitrogens with zero attached hydrogens (tertiary/aromatic N) is 2. The van der Waals surface area contributed by atoms with Crippen LogP contribution in [0.3, 0.4) is 0 Å². The Balaban J connectivity index is 2.28. The minimum absolute atomic E-state index is 0.169. The lowest BCUT2D eigenvalue weighted by Crippen LogP contribution is -2.60.